The highest BCUT2D eigenvalue weighted by Gasteiger charge is 2.47. The Morgan fingerprint density at radius 3 is 2.79 bits per heavy atom. The number of benzene rings is 1. The molecule has 2 aliphatic rings. The lowest BCUT2D eigenvalue weighted by Gasteiger charge is -2.45. The molecular formula is C23H27N9O. The van der Waals surface area contributed by atoms with Crippen LogP contribution in [0.25, 0.3) is 33.8 Å². The molecule has 4 N–H and O–H groups in total. The summed E-state index contributed by atoms with van der Waals surface area (Å²) in [5.74, 6) is 0.728. The SMILES string of the molecule is CCn1nc(C)cc1-c1nnc(-c2cc(C(N)=O)cc3c2cnn3C2CC3(CCNC3)C2)[nH]1. The summed E-state index contributed by atoms with van der Waals surface area (Å²) in [6, 6.07) is 5.92. The van der Waals surface area contributed by atoms with Crippen LogP contribution in [0.2, 0.25) is 0 Å². The van der Waals surface area contributed by atoms with Crippen LogP contribution in [0.5, 0.6) is 0 Å². The summed E-state index contributed by atoms with van der Waals surface area (Å²) < 4.78 is 3.94. The Morgan fingerprint density at radius 2 is 2.06 bits per heavy atom. The number of nitrogens with two attached hydrogens (primary N) is 1. The fourth-order valence-corrected chi connectivity index (χ4v) is 5.51. The van der Waals surface area contributed by atoms with Crippen molar-refractivity contribution >= 4 is 16.8 Å². The van der Waals surface area contributed by atoms with Crippen LogP contribution in [-0.4, -0.2) is 53.7 Å². The van der Waals surface area contributed by atoms with Gasteiger partial charge in [0.2, 0.25) is 5.91 Å². The second kappa shape index (κ2) is 7.24. The van der Waals surface area contributed by atoms with E-state index in [1.807, 2.05) is 36.9 Å². The number of hydrogen-bond acceptors (Lipinski definition) is 6. The van der Waals surface area contributed by atoms with Crippen LogP contribution >= 0.6 is 0 Å². The lowest BCUT2D eigenvalue weighted by atomic mass is 9.65. The van der Waals surface area contributed by atoms with Gasteiger partial charge in [0.05, 0.1) is 23.4 Å². The summed E-state index contributed by atoms with van der Waals surface area (Å²) in [6.07, 6.45) is 5.27. The average Bonchev–Trinajstić information content (AvgIpc) is 3.56. The monoisotopic (exact) mass is 445 g/mol. The number of aromatic nitrogens is 7. The molecular weight excluding hydrogens is 418 g/mol. The number of aromatic amines is 1. The number of H-pyrrole nitrogens is 1. The smallest absolute Gasteiger partial charge is 0.248 e. The number of carbonyl (C=O) groups is 1. The number of carbonyl (C=O) groups excluding carboxylic acids is 1. The van der Waals surface area contributed by atoms with Crippen LogP contribution in [0.4, 0.5) is 0 Å². The zero-order valence-electron chi connectivity index (χ0n) is 18.8. The van der Waals surface area contributed by atoms with Crippen molar-refractivity contribution in [3.63, 3.8) is 0 Å². The molecule has 1 aliphatic heterocycles. The molecule has 170 valence electrons. The molecule has 1 saturated heterocycles. The molecule has 1 amide bonds. The van der Waals surface area contributed by atoms with Gasteiger partial charge < -0.3 is 16.0 Å². The van der Waals surface area contributed by atoms with Crippen molar-refractivity contribution in [3.8, 4) is 22.9 Å². The quantitative estimate of drug-likeness (QED) is 0.432. The molecule has 6 rings (SSSR count). The second-order valence-corrected chi connectivity index (χ2v) is 9.41. The van der Waals surface area contributed by atoms with Gasteiger partial charge in [0, 0.05) is 29.6 Å². The Labute approximate surface area is 190 Å². The maximum absolute atomic E-state index is 12.2. The molecule has 0 atom stereocenters. The fourth-order valence-electron chi connectivity index (χ4n) is 5.51. The normalized spacial score (nSPS) is 22.3. The minimum Gasteiger partial charge on any atom is -0.366 e. The van der Waals surface area contributed by atoms with Crippen molar-refractivity contribution in [2.45, 2.75) is 45.7 Å². The van der Waals surface area contributed by atoms with Gasteiger partial charge in [0.15, 0.2) is 11.6 Å². The van der Waals surface area contributed by atoms with E-state index in [-0.39, 0.29) is 0 Å². The fraction of sp³-hybridized carbons (Fsp3) is 0.435. The van der Waals surface area contributed by atoms with Gasteiger partial charge in [-0.15, -0.1) is 10.2 Å². The third-order valence-electron chi connectivity index (χ3n) is 7.20. The number of primary amides is 1. The molecule has 1 saturated carbocycles. The van der Waals surface area contributed by atoms with Crippen LogP contribution in [-0.2, 0) is 6.54 Å². The first-order valence-corrected chi connectivity index (χ1v) is 11.5. The largest absolute Gasteiger partial charge is 0.366 e. The van der Waals surface area contributed by atoms with Gasteiger partial charge in [-0.25, -0.2) is 0 Å². The number of aryl methyl sites for hydroxylation is 2. The van der Waals surface area contributed by atoms with E-state index in [1.54, 1.807) is 6.07 Å². The maximum Gasteiger partial charge on any atom is 0.248 e. The van der Waals surface area contributed by atoms with Gasteiger partial charge in [-0.2, -0.15) is 10.2 Å². The summed E-state index contributed by atoms with van der Waals surface area (Å²) >= 11 is 0. The lowest BCUT2D eigenvalue weighted by molar-refractivity contribution is 0.0788. The third kappa shape index (κ3) is 3.16. The summed E-state index contributed by atoms with van der Waals surface area (Å²) in [7, 11) is 0. The van der Waals surface area contributed by atoms with Crippen LogP contribution in [0, 0.1) is 12.3 Å². The predicted octanol–water partition coefficient (Wildman–Crippen LogP) is 2.43. The highest BCUT2D eigenvalue weighted by atomic mass is 16.1. The van der Waals surface area contributed by atoms with E-state index < -0.39 is 5.91 Å². The average molecular weight is 446 g/mol. The number of fused-ring (bicyclic) bond motifs is 1. The molecule has 3 aromatic heterocycles. The molecule has 1 aliphatic carbocycles. The molecule has 1 spiro atoms. The summed E-state index contributed by atoms with van der Waals surface area (Å²) in [4.78, 5) is 15.5. The third-order valence-corrected chi connectivity index (χ3v) is 7.20. The van der Waals surface area contributed by atoms with Crippen molar-refractivity contribution in [3.05, 3.63) is 35.7 Å². The van der Waals surface area contributed by atoms with E-state index in [2.05, 4.69) is 30.3 Å². The topological polar surface area (TPSA) is 132 Å². The summed E-state index contributed by atoms with van der Waals surface area (Å²) in [6.45, 7) is 6.88. The molecule has 0 unspecified atom stereocenters. The van der Waals surface area contributed by atoms with Crippen molar-refractivity contribution in [1.82, 2.24) is 40.1 Å². The molecule has 33 heavy (non-hydrogen) atoms. The summed E-state index contributed by atoms with van der Waals surface area (Å²) in [5.41, 5.74) is 9.98. The lowest BCUT2D eigenvalue weighted by Crippen LogP contribution is -2.40. The Morgan fingerprint density at radius 1 is 1.24 bits per heavy atom. The maximum atomic E-state index is 12.2. The molecule has 0 bridgehead atoms. The van der Waals surface area contributed by atoms with E-state index in [9.17, 15) is 4.79 Å². The first kappa shape index (κ1) is 20.1. The number of nitrogens with one attached hydrogen (secondary N) is 2. The molecule has 4 heterocycles. The molecule has 2 fully saturated rings. The van der Waals surface area contributed by atoms with Crippen molar-refractivity contribution in [2.24, 2.45) is 11.1 Å². The molecule has 0 radical (unpaired) electrons. The van der Waals surface area contributed by atoms with E-state index in [0.29, 0.717) is 28.7 Å². The van der Waals surface area contributed by atoms with Crippen LogP contribution in [0.15, 0.2) is 24.4 Å². The Balaban J connectivity index is 1.42. The zero-order valence-corrected chi connectivity index (χ0v) is 18.8. The van der Waals surface area contributed by atoms with E-state index in [4.69, 9.17) is 10.8 Å². The number of hydrogen-bond donors (Lipinski definition) is 3. The van der Waals surface area contributed by atoms with Crippen molar-refractivity contribution in [2.75, 3.05) is 13.1 Å². The number of nitrogens with zero attached hydrogens (tertiary/aromatic N) is 6. The Bertz CT molecular complexity index is 1360. The first-order chi connectivity index (χ1) is 16.0. The van der Waals surface area contributed by atoms with Crippen LogP contribution in [0.3, 0.4) is 0 Å². The standard InChI is InChI=1S/C23H27N9O/c1-3-31-19(6-13(2)30-31)22-27-21(28-29-22)16-7-14(20(24)33)8-18-17(16)11-26-32(18)15-9-23(10-15)4-5-25-12-23/h6-8,11,15,25H,3-5,9-10,12H2,1-2H3,(H2,24,33)(H,27,28,29). The van der Waals surface area contributed by atoms with Crippen molar-refractivity contribution < 1.29 is 4.79 Å². The van der Waals surface area contributed by atoms with Gasteiger partial charge in [-0.1, -0.05) is 0 Å². The van der Waals surface area contributed by atoms with Crippen LogP contribution < -0.4 is 11.1 Å². The van der Waals surface area contributed by atoms with Gasteiger partial charge >= 0.3 is 0 Å². The molecule has 10 nitrogen and oxygen atoms in total. The Hall–Kier alpha value is -3.53. The molecule has 4 aromatic rings. The molecule has 1 aromatic carbocycles. The predicted molar refractivity (Wildman–Crippen MR) is 123 cm³/mol. The minimum atomic E-state index is -0.476. The van der Waals surface area contributed by atoms with E-state index in [1.165, 1.54) is 6.42 Å². The van der Waals surface area contributed by atoms with Gasteiger partial charge in [-0.3, -0.25) is 14.2 Å². The first-order valence-electron chi connectivity index (χ1n) is 11.5. The van der Waals surface area contributed by atoms with E-state index in [0.717, 1.165) is 60.3 Å². The van der Waals surface area contributed by atoms with Crippen molar-refractivity contribution in [1.29, 1.82) is 0 Å². The van der Waals surface area contributed by atoms with Gasteiger partial charge in [-0.05, 0) is 63.3 Å². The summed E-state index contributed by atoms with van der Waals surface area (Å²) in [5, 5.41) is 22.4. The number of rotatable bonds is 5. The Kier molecular flexibility index (Phi) is 4.41. The zero-order chi connectivity index (χ0) is 22.7. The minimum absolute atomic E-state index is 0.325. The number of amides is 1. The van der Waals surface area contributed by atoms with Gasteiger partial charge in [0.1, 0.15) is 5.69 Å². The van der Waals surface area contributed by atoms with Gasteiger partial charge in [0.25, 0.3) is 0 Å². The molecule has 10 heteroatoms. The second-order valence-electron chi connectivity index (χ2n) is 9.41. The van der Waals surface area contributed by atoms with E-state index >= 15 is 0 Å². The highest BCUT2D eigenvalue weighted by molar-refractivity contribution is 6.02. The van der Waals surface area contributed by atoms with Crippen LogP contribution in [0.1, 0.15) is 48.3 Å². The highest BCUT2D eigenvalue weighted by Crippen LogP contribution is 2.52.